The average Bonchev–Trinajstić information content (AvgIpc) is 2.40. The largest absolute Gasteiger partial charge is 0.466 e. The van der Waals surface area contributed by atoms with Crippen LogP contribution in [-0.2, 0) is 22.4 Å². The van der Waals surface area contributed by atoms with E-state index in [4.69, 9.17) is 10.00 Å². The van der Waals surface area contributed by atoms with E-state index in [0.717, 1.165) is 0 Å². The van der Waals surface area contributed by atoms with Gasteiger partial charge in [0, 0.05) is 5.56 Å². The number of esters is 1. The van der Waals surface area contributed by atoms with E-state index < -0.39 is 12.6 Å². The minimum atomic E-state index is -3.02. The number of carbonyl (C=O) groups excluding carboxylic acids is 1. The Bertz CT molecular complexity index is 524. The fourth-order valence-corrected chi connectivity index (χ4v) is 1.75. The van der Waals surface area contributed by atoms with Crippen LogP contribution in [0.15, 0.2) is 12.1 Å². The first-order valence-corrected chi connectivity index (χ1v) is 6.18. The van der Waals surface area contributed by atoms with E-state index in [1.807, 2.05) is 13.0 Å². The van der Waals surface area contributed by atoms with Crippen LogP contribution in [0.3, 0.4) is 0 Å². The molecule has 0 atom stereocenters. The number of hydrogen-bond acceptors (Lipinski definition) is 4. The predicted molar refractivity (Wildman–Crippen MR) is 67.5 cm³/mol. The highest BCUT2D eigenvalue weighted by atomic mass is 19.3. The molecule has 0 bridgehead atoms. The molecule has 0 fully saturated rings. The Morgan fingerprint density at radius 1 is 1.40 bits per heavy atom. The van der Waals surface area contributed by atoms with E-state index in [2.05, 4.69) is 4.74 Å². The Hall–Kier alpha value is -2.16. The van der Waals surface area contributed by atoms with Gasteiger partial charge >= 0.3 is 12.6 Å². The van der Waals surface area contributed by atoms with Crippen LogP contribution >= 0.6 is 0 Å². The molecule has 1 aromatic carbocycles. The number of nitriles is 1. The van der Waals surface area contributed by atoms with Gasteiger partial charge in [-0.2, -0.15) is 14.0 Å². The van der Waals surface area contributed by atoms with Crippen LogP contribution in [0, 0.1) is 11.3 Å². The number of ether oxygens (including phenoxy) is 2. The van der Waals surface area contributed by atoms with E-state index in [1.54, 1.807) is 13.0 Å². The summed E-state index contributed by atoms with van der Waals surface area (Å²) in [7, 11) is 0. The van der Waals surface area contributed by atoms with E-state index in [9.17, 15) is 13.6 Å². The molecule has 4 nitrogen and oxygen atoms in total. The molecule has 0 unspecified atom stereocenters. The number of alkyl halides is 2. The standard InChI is InChI=1S/C14H15F2NO3/c1-3-9-5-10(8-17)11(7-13(18)19-4-2)12(6-9)20-14(15)16/h5-6,14H,3-4,7H2,1-2H3. The monoisotopic (exact) mass is 283 g/mol. The topological polar surface area (TPSA) is 59.3 Å². The molecule has 1 aromatic rings. The van der Waals surface area contributed by atoms with E-state index in [-0.39, 0.29) is 29.9 Å². The summed E-state index contributed by atoms with van der Waals surface area (Å²) in [5.74, 6) is -0.740. The van der Waals surface area contributed by atoms with Gasteiger partial charge in [0.25, 0.3) is 0 Å². The minimum absolute atomic E-state index is 0.128. The van der Waals surface area contributed by atoms with Gasteiger partial charge in [0.05, 0.1) is 24.7 Å². The van der Waals surface area contributed by atoms with Crippen molar-refractivity contribution in [1.29, 1.82) is 5.26 Å². The van der Waals surface area contributed by atoms with Gasteiger partial charge in [-0.25, -0.2) is 0 Å². The van der Waals surface area contributed by atoms with Crippen molar-refractivity contribution in [2.24, 2.45) is 0 Å². The van der Waals surface area contributed by atoms with E-state index >= 15 is 0 Å². The third-order valence-electron chi connectivity index (χ3n) is 2.64. The molecule has 0 heterocycles. The van der Waals surface area contributed by atoms with Crippen molar-refractivity contribution in [2.45, 2.75) is 33.3 Å². The summed E-state index contributed by atoms with van der Waals surface area (Å²) in [5, 5.41) is 9.09. The van der Waals surface area contributed by atoms with Crippen molar-refractivity contribution < 1.29 is 23.0 Å². The van der Waals surface area contributed by atoms with Crippen molar-refractivity contribution in [2.75, 3.05) is 6.61 Å². The molecule has 0 aliphatic carbocycles. The molecule has 0 aromatic heterocycles. The first-order chi connectivity index (χ1) is 9.51. The molecule has 0 spiro atoms. The SMILES string of the molecule is CCOC(=O)Cc1c(C#N)cc(CC)cc1OC(F)F. The third kappa shape index (κ3) is 4.19. The maximum atomic E-state index is 12.4. The van der Waals surface area contributed by atoms with Crippen LogP contribution in [0.25, 0.3) is 0 Å². The first-order valence-electron chi connectivity index (χ1n) is 6.18. The Labute approximate surface area is 115 Å². The number of carbonyl (C=O) groups is 1. The zero-order valence-corrected chi connectivity index (χ0v) is 11.3. The summed E-state index contributed by atoms with van der Waals surface area (Å²) in [6.45, 7) is 0.626. The van der Waals surface area contributed by atoms with E-state index in [0.29, 0.717) is 12.0 Å². The molecule has 0 radical (unpaired) electrons. The molecule has 0 saturated carbocycles. The van der Waals surface area contributed by atoms with Gasteiger partial charge in [0.15, 0.2) is 0 Å². The quantitative estimate of drug-likeness (QED) is 0.753. The fourth-order valence-electron chi connectivity index (χ4n) is 1.75. The van der Waals surface area contributed by atoms with Gasteiger partial charge in [0.1, 0.15) is 5.75 Å². The average molecular weight is 283 g/mol. The number of aryl methyl sites for hydroxylation is 1. The van der Waals surface area contributed by atoms with E-state index in [1.165, 1.54) is 6.07 Å². The van der Waals surface area contributed by atoms with Gasteiger partial charge in [-0.05, 0) is 31.0 Å². The lowest BCUT2D eigenvalue weighted by Crippen LogP contribution is -2.12. The molecule has 0 N–H and O–H groups in total. The lowest BCUT2D eigenvalue weighted by atomic mass is 9.99. The highest BCUT2D eigenvalue weighted by Gasteiger charge is 2.18. The summed E-state index contributed by atoms with van der Waals surface area (Å²) in [4.78, 5) is 11.5. The van der Waals surface area contributed by atoms with Gasteiger partial charge in [-0.15, -0.1) is 0 Å². The molecule has 20 heavy (non-hydrogen) atoms. The van der Waals surface area contributed by atoms with Crippen LogP contribution in [0.1, 0.15) is 30.5 Å². The maximum absolute atomic E-state index is 12.4. The highest BCUT2D eigenvalue weighted by Crippen LogP contribution is 2.27. The summed E-state index contributed by atoms with van der Waals surface area (Å²) < 4.78 is 34.1. The molecular formula is C14H15F2NO3. The second kappa shape index (κ2) is 7.43. The van der Waals surface area contributed by atoms with Crippen LogP contribution in [-0.4, -0.2) is 19.2 Å². The lowest BCUT2D eigenvalue weighted by molar-refractivity contribution is -0.142. The van der Waals surface area contributed by atoms with Crippen molar-refractivity contribution in [3.8, 4) is 11.8 Å². The summed E-state index contributed by atoms with van der Waals surface area (Å²) in [6.07, 6.45) is 0.288. The molecule has 0 aliphatic rings. The molecule has 0 aliphatic heterocycles. The number of halogens is 2. The van der Waals surface area contributed by atoms with Crippen LogP contribution in [0.2, 0.25) is 0 Å². The number of rotatable bonds is 6. The summed E-state index contributed by atoms with van der Waals surface area (Å²) in [5.41, 5.74) is 0.960. The van der Waals surface area contributed by atoms with Crippen LogP contribution in [0.4, 0.5) is 8.78 Å². The highest BCUT2D eigenvalue weighted by molar-refractivity contribution is 5.75. The second-order valence-electron chi connectivity index (χ2n) is 3.95. The molecule has 0 amide bonds. The zero-order valence-electron chi connectivity index (χ0n) is 11.3. The predicted octanol–water partition coefficient (Wildman–Crippen LogP) is 2.83. The molecule has 1 rings (SSSR count). The Balaban J connectivity index is 3.22. The first kappa shape index (κ1) is 15.9. The number of benzene rings is 1. The fraction of sp³-hybridized carbons (Fsp3) is 0.429. The zero-order chi connectivity index (χ0) is 15.1. The number of hydrogen-bond donors (Lipinski definition) is 0. The Kier molecular flexibility index (Phi) is 5.91. The third-order valence-corrected chi connectivity index (χ3v) is 2.64. The van der Waals surface area contributed by atoms with Crippen LogP contribution < -0.4 is 4.74 Å². The van der Waals surface area contributed by atoms with Gasteiger partial charge in [-0.1, -0.05) is 6.92 Å². The Morgan fingerprint density at radius 2 is 2.10 bits per heavy atom. The second-order valence-corrected chi connectivity index (χ2v) is 3.95. The number of nitrogens with zero attached hydrogens (tertiary/aromatic N) is 1. The van der Waals surface area contributed by atoms with Gasteiger partial charge in [0.2, 0.25) is 0 Å². The summed E-state index contributed by atoms with van der Waals surface area (Å²) in [6, 6.07) is 4.88. The van der Waals surface area contributed by atoms with Crippen molar-refractivity contribution in [3.63, 3.8) is 0 Å². The maximum Gasteiger partial charge on any atom is 0.387 e. The molecular weight excluding hydrogens is 268 g/mol. The Morgan fingerprint density at radius 3 is 2.60 bits per heavy atom. The molecule has 108 valence electrons. The van der Waals surface area contributed by atoms with Crippen molar-refractivity contribution in [1.82, 2.24) is 0 Å². The summed E-state index contributed by atoms with van der Waals surface area (Å²) >= 11 is 0. The minimum Gasteiger partial charge on any atom is -0.466 e. The smallest absolute Gasteiger partial charge is 0.387 e. The van der Waals surface area contributed by atoms with Crippen molar-refractivity contribution >= 4 is 5.97 Å². The van der Waals surface area contributed by atoms with Gasteiger partial charge in [-0.3, -0.25) is 4.79 Å². The lowest BCUT2D eigenvalue weighted by Gasteiger charge is -2.13. The normalized spacial score (nSPS) is 10.2. The van der Waals surface area contributed by atoms with Gasteiger partial charge < -0.3 is 9.47 Å². The van der Waals surface area contributed by atoms with Crippen molar-refractivity contribution in [3.05, 3.63) is 28.8 Å². The van der Waals surface area contributed by atoms with Crippen LogP contribution in [0.5, 0.6) is 5.75 Å². The molecule has 6 heteroatoms. The molecule has 0 saturated heterocycles.